The Morgan fingerprint density at radius 2 is 1.96 bits per heavy atom. The number of aliphatic hydroxyl groups is 1. The molecule has 2 fully saturated rings. The third-order valence-corrected chi connectivity index (χ3v) is 6.61. The number of phenols is 1. The summed E-state index contributed by atoms with van der Waals surface area (Å²) in [4.78, 5) is 0. The van der Waals surface area contributed by atoms with Crippen molar-refractivity contribution in [2.45, 2.75) is 68.8 Å². The number of rotatable bonds is 5. The second-order valence-electron chi connectivity index (χ2n) is 8.06. The van der Waals surface area contributed by atoms with Gasteiger partial charge in [0.15, 0.2) is 0 Å². The van der Waals surface area contributed by atoms with Gasteiger partial charge in [0.25, 0.3) is 0 Å². The average Bonchev–Trinajstić information content (AvgIpc) is 3.36. The Kier molecular flexibility index (Phi) is 3.89. The Morgan fingerprint density at radius 3 is 2.78 bits per heavy atom. The fourth-order valence-corrected chi connectivity index (χ4v) is 5.06. The smallest absolute Gasteiger partial charge is 0.115 e. The Morgan fingerprint density at radius 1 is 1.13 bits per heavy atom. The van der Waals surface area contributed by atoms with Crippen molar-refractivity contribution in [2.24, 2.45) is 5.92 Å². The van der Waals surface area contributed by atoms with Gasteiger partial charge in [-0.2, -0.15) is 0 Å². The molecule has 23 heavy (non-hydrogen) atoms. The number of hydrogen-bond donors (Lipinski definition) is 3. The zero-order valence-electron chi connectivity index (χ0n) is 14.0. The van der Waals surface area contributed by atoms with E-state index >= 15 is 0 Å². The molecule has 0 radical (unpaired) electrons. The molecule has 3 aliphatic rings. The third-order valence-electron chi connectivity index (χ3n) is 6.61. The van der Waals surface area contributed by atoms with Gasteiger partial charge in [-0.15, -0.1) is 0 Å². The monoisotopic (exact) mass is 315 g/mol. The third kappa shape index (κ3) is 2.68. The maximum atomic E-state index is 11.5. The lowest BCUT2D eigenvalue weighted by Gasteiger charge is -2.55. The molecule has 126 valence electrons. The van der Waals surface area contributed by atoms with Gasteiger partial charge in [-0.05, 0) is 87.2 Å². The Bertz CT molecular complexity index is 583. The van der Waals surface area contributed by atoms with Crippen molar-refractivity contribution in [3.05, 3.63) is 29.3 Å². The largest absolute Gasteiger partial charge is 0.508 e. The van der Waals surface area contributed by atoms with E-state index in [0.717, 1.165) is 57.5 Å². The van der Waals surface area contributed by atoms with Crippen molar-refractivity contribution in [1.82, 2.24) is 5.32 Å². The molecule has 3 nitrogen and oxygen atoms in total. The summed E-state index contributed by atoms with van der Waals surface area (Å²) in [6.07, 6.45) is 9.79. The van der Waals surface area contributed by atoms with Gasteiger partial charge in [0, 0.05) is 5.41 Å². The first kappa shape index (κ1) is 15.5. The molecule has 2 atom stereocenters. The van der Waals surface area contributed by atoms with Gasteiger partial charge in [-0.3, -0.25) is 0 Å². The molecule has 0 aliphatic heterocycles. The van der Waals surface area contributed by atoms with Gasteiger partial charge in [0.2, 0.25) is 0 Å². The highest BCUT2D eigenvalue weighted by Gasteiger charge is 2.54. The Labute approximate surface area is 139 Å². The standard InChI is InChI=1S/C20H29NO2/c22-17-6-5-16-7-10-20(23)9-2-1-8-19(20,18(16)13-17)11-12-21-14-15-3-4-15/h5-6,13,15,21-23H,1-4,7-12,14H2. The second kappa shape index (κ2) is 5.78. The summed E-state index contributed by atoms with van der Waals surface area (Å²) in [7, 11) is 0. The summed E-state index contributed by atoms with van der Waals surface area (Å²) >= 11 is 0. The highest BCUT2D eigenvalue weighted by atomic mass is 16.3. The van der Waals surface area contributed by atoms with Gasteiger partial charge in [-0.25, -0.2) is 0 Å². The lowest BCUT2D eigenvalue weighted by atomic mass is 9.53. The van der Waals surface area contributed by atoms with Crippen molar-refractivity contribution in [1.29, 1.82) is 0 Å². The van der Waals surface area contributed by atoms with E-state index in [2.05, 4.69) is 11.4 Å². The van der Waals surface area contributed by atoms with E-state index in [9.17, 15) is 10.2 Å². The molecular formula is C20H29NO2. The predicted octanol–water partition coefficient (Wildman–Crippen LogP) is 3.27. The van der Waals surface area contributed by atoms with Crippen LogP contribution in [0.2, 0.25) is 0 Å². The number of hydrogen-bond acceptors (Lipinski definition) is 3. The number of aromatic hydroxyl groups is 1. The normalized spacial score (nSPS) is 33.1. The number of nitrogens with one attached hydrogen (secondary N) is 1. The molecule has 0 saturated heterocycles. The Balaban J connectivity index is 1.63. The molecule has 2 saturated carbocycles. The molecule has 2 unspecified atom stereocenters. The summed E-state index contributed by atoms with van der Waals surface area (Å²) in [6.45, 7) is 2.09. The fourth-order valence-electron chi connectivity index (χ4n) is 5.06. The molecule has 4 rings (SSSR count). The van der Waals surface area contributed by atoms with Gasteiger partial charge in [-0.1, -0.05) is 18.9 Å². The van der Waals surface area contributed by atoms with Crippen LogP contribution in [0.4, 0.5) is 0 Å². The maximum absolute atomic E-state index is 11.5. The van der Waals surface area contributed by atoms with Crippen molar-refractivity contribution >= 4 is 0 Å². The van der Waals surface area contributed by atoms with Crippen LogP contribution < -0.4 is 5.32 Å². The molecule has 3 heteroatoms. The van der Waals surface area contributed by atoms with Crippen LogP contribution in [0.1, 0.15) is 62.5 Å². The van der Waals surface area contributed by atoms with E-state index in [-0.39, 0.29) is 5.41 Å². The van der Waals surface area contributed by atoms with Gasteiger partial charge in [0.1, 0.15) is 5.75 Å². The minimum Gasteiger partial charge on any atom is -0.508 e. The zero-order valence-corrected chi connectivity index (χ0v) is 14.0. The van der Waals surface area contributed by atoms with Crippen LogP contribution in [0.5, 0.6) is 5.75 Å². The molecule has 0 amide bonds. The molecule has 0 heterocycles. The van der Waals surface area contributed by atoms with Crippen LogP contribution in [0.15, 0.2) is 18.2 Å². The van der Waals surface area contributed by atoms with Crippen molar-refractivity contribution in [3.8, 4) is 5.75 Å². The molecule has 3 N–H and O–H groups in total. The maximum Gasteiger partial charge on any atom is 0.115 e. The summed E-state index contributed by atoms with van der Waals surface area (Å²) in [5, 5.41) is 25.1. The van der Waals surface area contributed by atoms with E-state index in [1.54, 1.807) is 6.07 Å². The number of benzene rings is 1. The van der Waals surface area contributed by atoms with E-state index in [4.69, 9.17) is 0 Å². The van der Waals surface area contributed by atoms with Crippen LogP contribution >= 0.6 is 0 Å². The van der Waals surface area contributed by atoms with Crippen LogP contribution in [-0.4, -0.2) is 28.9 Å². The SMILES string of the molecule is Oc1ccc2c(c1)C1(CCNCC3CC3)CCCCC1(O)CC2. The van der Waals surface area contributed by atoms with Crippen molar-refractivity contribution < 1.29 is 10.2 Å². The molecule has 0 aromatic heterocycles. The number of fused-ring (bicyclic) bond motifs is 3. The first-order valence-electron chi connectivity index (χ1n) is 9.38. The van der Waals surface area contributed by atoms with Gasteiger partial charge < -0.3 is 15.5 Å². The average molecular weight is 315 g/mol. The first-order valence-corrected chi connectivity index (χ1v) is 9.38. The second-order valence-corrected chi connectivity index (χ2v) is 8.06. The van der Waals surface area contributed by atoms with E-state index in [1.807, 2.05) is 6.07 Å². The van der Waals surface area contributed by atoms with Crippen LogP contribution in [-0.2, 0) is 11.8 Å². The van der Waals surface area contributed by atoms with Crippen molar-refractivity contribution in [3.63, 3.8) is 0 Å². The highest BCUT2D eigenvalue weighted by molar-refractivity contribution is 5.45. The molecule has 0 spiro atoms. The molecule has 3 aliphatic carbocycles. The lowest BCUT2D eigenvalue weighted by Crippen LogP contribution is -2.57. The molecular weight excluding hydrogens is 286 g/mol. The number of aryl methyl sites for hydroxylation is 1. The highest BCUT2D eigenvalue weighted by Crippen LogP contribution is 2.55. The van der Waals surface area contributed by atoms with Crippen molar-refractivity contribution in [2.75, 3.05) is 13.1 Å². The Hall–Kier alpha value is -1.06. The minimum absolute atomic E-state index is 0.172. The summed E-state index contributed by atoms with van der Waals surface area (Å²) in [5.41, 5.74) is 1.79. The van der Waals surface area contributed by atoms with E-state index in [0.29, 0.717) is 5.75 Å². The quantitative estimate of drug-likeness (QED) is 0.731. The molecule has 1 aromatic carbocycles. The van der Waals surface area contributed by atoms with Gasteiger partial charge >= 0.3 is 0 Å². The topological polar surface area (TPSA) is 52.5 Å². The van der Waals surface area contributed by atoms with Gasteiger partial charge in [0.05, 0.1) is 5.60 Å². The summed E-state index contributed by atoms with van der Waals surface area (Å²) in [6, 6.07) is 5.80. The van der Waals surface area contributed by atoms with Crippen LogP contribution in [0.25, 0.3) is 0 Å². The lowest BCUT2D eigenvalue weighted by molar-refractivity contribution is -0.0869. The van der Waals surface area contributed by atoms with Crippen LogP contribution in [0, 0.1) is 5.92 Å². The van der Waals surface area contributed by atoms with E-state index in [1.165, 1.54) is 30.4 Å². The molecule has 0 bridgehead atoms. The predicted molar refractivity (Wildman–Crippen MR) is 91.7 cm³/mol. The van der Waals surface area contributed by atoms with E-state index < -0.39 is 5.60 Å². The number of phenolic OH excluding ortho intramolecular Hbond substituents is 1. The first-order chi connectivity index (χ1) is 11.1. The fraction of sp³-hybridized carbons (Fsp3) is 0.700. The van der Waals surface area contributed by atoms with Crippen LogP contribution in [0.3, 0.4) is 0 Å². The minimum atomic E-state index is -0.590. The summed E-state index contributed by atoms with van der Waals surface area (Å²) < 4.78 is 0. The zero-order chi connectivity index (χ0) is 15.9. The summed E-state index contributed by atoms with van der Waals surface area (Å²) in [5.74, 6) is 1.23. The molecule has 1 aromatic rings.